The fourth-order valence-corrected chi connectivity index (χ4v) is 1.88. The number of hydrogen-bond donors (Lipinski definition) is 1. The van der Waals surface area contributed by atoms with E-state index in [0.717, 1.165) is 0 Å². The highest BCUT2D eigenvalue weighted by Gasteiger charge is 2.33. The van der Waals surface area contributed by atoms with Gasteiger partial charge in [0.05, 0.1) is 5.60 Å². The predicted octanol–water partition coefficient (Wildman–Crippen LogP) is 2.32. The van der Waals surface area contributed by atoms with Gasteiger partial charge in [-0.3, -0.25) is 0 Å². The van der Waals surface area contributed by atoms with Gasteiger partial charge in [0.15, 0.2) is 0 Å². The lowest BCUT2D eigenvalue weighted by atomic mass is 9.91. The van der Waals surface area contributed by atoms with E-state index < -0.39 is 11.2 Å². The highest BCUT2D eigenvalue weighted by atomic mass is 16.6. The number of carbonyl (C=O) groups excluding carboxylic acids is 1. The fourth-order valence-electron chi connectivity index (χ4n) is 1.88. The van der Waals surface area contributed by atoms with Gasteiger partial charge in [-0.25, -0.2) is 4.79 Å². The molecule has 1 rings (SSSR count). The second-order valence-electron chi connectivity index (χ2n) is 5.57. The fraction of sp³-hybridized carbons (Fsp3) is 0.769. The van der Waals surface area contributed by atoms with E-state index in [9.17, 15) is 9.90 Å². The van der Waals surface area contributed by atoms with Crippen LogP contribution in [0, 0.1) is 0 Å². The molecule has 98 valence electrons. The van der Waals surface area contributed by atoms with E-state index in [0.29, 0.717) is 25.9 Å². The third kappa shape index (κ3) is 4.38. The van der Waals surface area contributed by atoms with Crippen LogP contribution in [-0.2, 0) is 4.74 Å². The first-order chi connectivity index (χ1) is 7.76. The largest absolute Gasteiger partial charge is 0.444 e. The second kappa shape index (κ2) is 5.08. The molecule has 1 aliphatic rings. The molecule has 1 amide bonds. The zero-order chi connectivity index (χ0) is 13.1. The van der Waals surface area contributed by atoms with E-state index in [1.54, 1.807) is 11.0 Å². The maximum atomic E-state index is 11.8. The molecule has 17 heavy (non-hydrogen) atoms. The summed E-state index contributed by atoms with van der Waals surface area (Å²) in [7, 11) is 0. The molecule has 1 saturated heterocycles. The number of likely N-dealkylation sites (tertiary alicyclic amines) is 1. The minimum absolute atomic E-state index is 0.292. The lowest BCUT2D eigenvalue weighted by Gasteiger charge is -2.37. The summed E-state index contributed by atoms with van der Waals surface area (Å²) >= 11 is 0. The van der Waals surface area contributed by atoms with Crippen molar-refractivity contribution < 1.29 is 14.6 Å². The molecule has 4 nitrogen and oxygen atoms in total. The van der Waals surface area contributed by atoms with Crippen molar-refractivity contribution in [2.75, 3.05) is 13.1 Å². The summed E-state index contributed by atoms with van der Waals surface area (Å²) in [5, 5.41) is 10.1. The van der Waals surface area contributed by atoms with Gasteiger partial charge < -0.3 is 14.7 Å². The summed E-state index contributed by atoms with van der Waals surface area (Å²) in [6, 6.07) is 0. The Morgan fingerprint density at radius 1 is 1.35 bits per heavy atom. The first-order valence-corrected chi connectivity index (χ1v) is 6.10. The van der Waals surface area contributed by atoms with Crippen LogP contribution in [0.2, 0.25) is 0 Å². The lowest BCUT2D eigenvalue weighted by Crippen LogP contribution is -2.47. The van der Waals surface area contributed by atoms with Crippen LogP contribution >= 0.6 is 0 Å². The number of carbonyl (C=O) groups is 1. The van der Waals surface area contributed by atoms with Gasteiger partial charge in [-0.15, -0.1) is 0 Å². The molecule has 0 bridgehead atoms. The SMILES string of the molecule is CC=CC1(O)CCN(C(=O)OC(C)(C)C)CC1. The number of amides is 1. The van der Waals surface area contributed by atoms with E-state index in [2.05, 4.69) is 0 Å². The molecule has 1 heterocycles. The Morgan fingerprint density at radius 3 is 2.29 bits per heavy atom. The molecule has 0 aliphatic carbocycles. The van der Waals surface area contributed by atoms with Crippen molar-refractivity contribution in [2.24, 2.45) is 0 Å². The van der Waals surface area contributed by atoms with E-state index in [-0.39, 0.29) is 6.09 Å². The van der Waals surface area contributed by atoms with Gasteiger partial charge in [0.2, 0.25) is 0 Å². The zero-order valence-corrected chi connectivity index (χ0v) is 11.2. The minimum atomic E-state index is -0.757. The zero-order valence-electron chi connectivity index (χ0n) is 11.2. The molecule has 0 aromatic heterocycles. The molecule has 0 aromatic carbocycles. The van der Waals surface area contributed by atoms with Crippen molar-refractivity contribution in [1.82, 2.24) is 4.90 Å². The van der Waals surface area contributed by atoms with Gasteiger partial charge in [-0.05, 0) is 40.5 Å². The summed E-state index contributed by atoms with van der Waals surface area (Å²) in [6.07, 6.45) is 4.50. The number of allylic oxidation sites excluding steroid dienone is 1. The van der Waals surface area contributed by atoms with Crippen LogP contribution in [0.15, 0.2) is 12.2 Å². The predicted molar refractivity (Wildman–Crippen MR) is 66.8 cm³/mol. The smallest absolute Gasteiger partial charge is 0.410 e. The van der Waals surface area contributed by atoms with Crippen molar-refractivity contribution in [3.8, 4) is 0 Å². The molecule has 4 heteroatoms. The number of rotatable bonds is 1. The highest BCUT2D eigenvalue weighted by molar-refractivity contribution is 5.68. The molecule has 1 fully saturated rings. The van der Waals surface area contributed by atoms with Gasteiger partial charge in [-0.2, -0.15) is 0 Å². The Morgan fingerprint density at radius 2 is 1.88 bits per heavy atom. The van der Waals surface area contributed by atoms with E-state index in [1.165, 1.54) is 0 Å². The van der Waals surface area contributed by atoms with Crippen molar-refractivity contribution in [1.29, 1.82) is 0 Å². The standard InChI is InChI=1S/C13H23NO3/c1-5-6-13(16)7-9-14(10-8-13)11(15)17-12(2,3)4/h5-6,16H,7-10H2,1-4H3. The average molecular weight is 241 g/mol. The Balaban J connectivity index is 2.50. The molecule has 0 spiro atoms. The molecule has 0 aromatic rings. The van der Waals surface area contributed by atoms with Gasteiger partial charge in [0, 0.05) is 13.1 Å². The van der Waals surface area contributed by atoms with Crippen LogP contribution < -0.4 is 0 Å². The maximum Gasteiger partial charge on any atom is 0.410 e. The summed E-state index contributed by atoms with van der Waals surface area (Å²) in [5.74, 6) is 0. The number of aliphatic hydroxyl groups is 1. The topological polar surface area (TPSA) is 49.8 Å². The minimum Gasteiger partial charge on any atom is -0.444 e. The Labute approximate surface area is 103 Å². The first-order valence-electron chi connectivity index (χ1n) is 6.10. The Kier molecular flexibility index (Phi) is 4.20. The molecule has 0 saturated carbocycles. The van der Waals surface area contributed by atoms with E-state index >= 15 is 0 Å². The van der Waals surface area contributed by atoms with Crippen LogP contribution in [0.25, 0.3) is 0 Å². The Hall–Kier alpha value is -1.03. The van der Waals surface area contributed by atoms with Gasteiger partial charge in [0.1, 0.15) is 5.60 Å². The van der Waals surface area contributed by atoms with Crippen molar-refractivity contribution in [3.05, 3.63) is 12.2 Å². The van der Waals surface area contributed by atoms with E-state index in [1.807, 2.05) is 33.8 Å². The lowest BCUT2D eigenvalue weighted by molar-refractivity contribution is -0.00859. The first kappa shape index (κ1) is 14.0. The average Bonchev–Trinajstić information content (AvgIpc) is 2.15. The molecule has 0 unspecified atom stereocenters. The number of piperidine rings is 1. The maximum absolute atomic E-state index is 11.8. The van der Waals surface area contributed by atoms with Crippen LogP contribution in [-0.4, -0.2) is 40.4 Å². The molecule has 1 aliphatic heterocycles. The van der Waals surface area contributed by atoms with Gasteiger partial charge >= 0.3 is 6.09 Å². The number of nitrogens with zero attached hydrogens (tertiary/aromatic N) is 1. The molecule has 0 radical (unpaired) electrons. The van der Waals surface area contributed by atoms with Crippen LogP contribution in [0.5, 0.6) is 0 Å². The van der Waals surface area contributed by atoms with Crippen LogP contribution in [0.1, 0.15) is 40.5 Å². The van der Waals surface area contributed by atoms with Crippen LogP contribution in [0.4, 0.5) is 4.79 Å². The van der Waals surface area contributed by atoms with Gasteiger partial charge in [0.25, 0.3) is 0 Å². The van der Waals surface area contributed by atoms with Crippen molar-refractivity contribution in [3.63, 3.8) is 0 Å². The van der Waals surface area contributed by atoms with Gasteiger partial charge in [-0.1, -0.05) is 12.2 Å². The molecular formula is C13H23NO3. The van der Waals surface area contributed by atoms with Crippen LogP contribution in [0.3, 0.4) is 0 Å². The Bertz CT molecular complexity index is 296. The third-order valence-electron chi connectivity index (χ3n) is 2.76. The van der Waals surface area contributed by atoms with E-state index in [4.69, 9.17) is 4.74 Å². The number of ether oxygens (including phenoxy) is 1. The monoisotopic (exact) mass is 241 g/mol. The van der Waals surface area contributed by atoms with Crippen molar-refractivity contribution >= 4 is 6.09 Å². The highest BCUT2D eigenvalue weighted by Crippen LogP contribution is 2.24. The quantitative estimate of drug-likeness (QED) is 0.717. The molecule has 1 N–H and O–H groups in total. The number of hydrogen-bond acceptors (Lipinski definition) is 3. The van der Waals surface area contributed by atoms with Crippen molar-refractivity contribution in [2.45, 2.75) is 51.7 Å². The molecule has 0 atom stereocenters. The molecular weight excluding hydrogens is 218 g/mol. The normalized spacial score (nSPS) is 20.6. The summed E-state index contributed by atoms with van der Waals surface area (Å²) in [6.45, 7) is 8.52. The summed E-state index contributed by atoms with van der Waals surface area (Å²) in [5.41, 5.74) is -1.22. The third-order valence-corrected chi connectivity index (χ3v) is 2.76. The summed E-state index contributed by atoms with van der Waals surface area (Å²) in [4.78, 5) is 13.4. The second-order valence-corrected chi connectivity index (χ2v) is 5.57. The summed E-state index contributed by atoms with van der Waals surface area (Å²) < 4.78 is 5.29.